The summed E-state index contributed by atoms with van der Waals surface area (Å²) in [4.78, 5) is 23.1. The number of hydrogen-bond acceptors (Lipinski definition) is 4. The zero-order valence-corrected chi connectivity index (χ0v) is 11.5. The van der Waals surface area contributed by atoms with Gasteiger partial charge >= 0.3 is 5.97 Å². The highest BCUT2D eigenvalue weighted by Gasteiger charge is 2.34. The number of carboxylic acids is 1. The Kier molecular flexibility index (Phi) is 3.68. The fraction of sp³-hybridized carbons (Fsp3) is 0.467. The van der Waals surface area contributed by atoms with Crippen LogP contribution in [0.5, 0.6) is 11.5 Å². The number of carbonyl (C=O) groups excluding carboxylic acids is 1. The summed E-state index contributed by atoms with van der Waals surface area (Å²) in [5, 5.41) is 11.7. The first-order valence-electron chi connectivity index (χ1n) is 7.06. The van der Waals surface area contributed by atoms with Crippen LogP contribution in [-0.4, -0.2) is 36.2 Å². The molecule has 2 N–H and O–H groups in total. The van der Waals surface area contributed by atoms with Gasteiger partial charge < -0.3 is 19.9 Å². The van der Waals surface area contributed by atoms with E-state index >= 15 is 0 Å². The summed E-state index contributed by atoms with van der Waals surface area (Å²) < 4.78 is 10.9. The zero-order valence-electron chi connectivity index (χ0n) is 11.5. The maximum Gasteiger partial charge on any atom is 0.305 e. The first-order valence-corrected chi connectivity index (χ1v) is 7.06. The van der Waals surface area contributed by atoms with Crippen molar-refractivity contribution in [2.75, 3.05) is 13.2 Å². The predicted octanol–water partition coefficient (Wildman–Crippen LogP) is 1.44. The monoisotopic (exact) mass is 291 g/mol. The summed E-state index contributed by atoms with van der Waals surface area (Å²) in [5.41, 5.74) is 0.454. The smallest absolute Gasteiger partial charge is 0.305 e. The van der Waals surface area contributed by atoms with E-state index in [4.69, 9.17) is 14.6 Å². The number of aliphatic carboxylic acids is 1. The number of rotatable bonds is 5. The van der Waals surface area contributed by atoms with Gasteiger partial charge in [0.15, 0.2) is 11.5 Å². The van der Waals surface area contributed by atoms with Crippen LogP contribution < -0.4 is 14.8 Å². The molecule has 6 heteroatoms. The maximum absolute atomic E-state index is 12.3. The van der Waals surface area contributed by atoms with Crippen LogP contribution in [0.4, 0.5) is 0 Å². The lowest BCUT2D eigenvalue weighted by Gasteiger charge is -2.20. The third-order valence-corrected chi connectivity index (χ3v) is 3.71. The molecule has 0 radical (unpaired) electrons. The molecule has 1 aromatic carbocycles. The molecular formula is C15H17NO5. The van der Waals surface area contributed by atoms with Gasteiger partial charge in [-0.05, 0) is 37.0 Å². The molecule has 0 aromatic heterocycles. The Bertz CT molecular complexity index is 567. The Hall–Kier alpha value is -2.24. The van der Waals surface area contributed by atoms with Crippen molar-refractivity contribution in [3.63, 3.8) is 0 Å². The first kappa shape index (κ1) is 13.7. The van der Waals surface area contributed by atoms with Gasteiger partial charge in [0.1, 0.15) is 13.2 Å². The SMILES string of the molecule is O=C(O)CC(NC(=O)c1ccc2c(c1)OCCO2)C1CC1. The highest BCUT2D eigenvalue weighted by molar-refractivity contribution is 5.95. The predicted molar refractivity (Wildman–Crippen MR) is 73.7 cm³/mol. The molecule has 21 heavy (non-hydrogen) atoms. The van der Waals surface area contributed by atoms with Crippen molar-refractivity contribution in [3.05, 3.63) is 23.8 Å². The normalized spacial score (nSPS) is 17.9. The van der Waals surface area contributed by atoms with Crippen LogP contribution in [0.3, 0.4) is 0 Å². The van der Waals surface area contributed by atoms with Crippen molar-refractivity contribution in [2.45, 2.75) is 25.3 Å². The number of carbonyl (C=O) groups is 2. The number of amides is 1. The summed E-state index contributed by atoms with van der Waals surface area (Å²) >= 11 is 0. The van der Waals surface area contributed by atoms with Gasteiger partial charge in [0, 0.05) is 11.6 Å². The van der Waals surface area contributed by atoms with Crippen LogP contribution in [0.15, 0.2) is 18.2 Å². The molecule has 1 aromatic rings. The second kappa shape index (κ2) is 5.63. The van der Waals surface area contributed by atoms with Gasteiger partial charge in [-0.2, -0.15) is 0 Å². The van der Waals surface area contributed by atoms with Crippen molar-refractivity contribution in [1.29, 1.82) is 0 Å². The van der Waals surface area contributed by atoms with Gasteiger partial charge in [-0.15, -0.1) is 0 Å². The fourth-order valence-electron chi connectivity index (χ4n) is 2.46. The lowest BCUT2D eigenvalue weighted by Crippen LogP contribution is -2.38. The van der Waals surface area contributed by atoms with E-state index in [1.807, 2.05) is 0 Å². The average molecular weight is 291 g/mol. The topological polar surface area (TPSA) is 84.9 Å². The standard InChI is InChI=1S/C15H17NO5/c17-14(18)8-11(9-1-2-9)16-15(19)10-3-4-12-13(7-10)21-6-5-20-12/h3-4,7,9,11H,1-2,5-6,8H2,(H,16,19)(H,17,18). The van der Waals surface area contributed by atoms with Crippen LogP contribution in [0.25, 0.3) is 0 Å². The Balaban J connectivity index is 1.70. The van der Waals surface area contributed by atoms with E-state index in [9.17, 15) is 9.59 Å². The molecule has 6 nitrogen and oxygen atoms in total. The van der Waals surface area contributed by atoms with Gasteiger partial charge in [-0.1, -0.05) is 0 Å². The van der Waals surface area contributed by atoms with E-state index in [0.29, 0.717) is 30.3 Å². The number of benzene rings is 1. The van der Waals surface area contributed by atoms with Crippen molar-refractivity contribution in [1.82, 2.24) is 5.32 Å². The second-order valence-electron chi connectivity index (χ2n) is 5.37. The van der Waals surface area contributed by atoms with Crippen molar-refractivity contribution < 1.29 is 24.2 Å². The molecule has 1 saturated carbocycles. The lowest BCUT2D eigenvalue weighted by atomic mass is 10.1. The molecule has 112 valence electrons. The molecule has 1 aliphatic heterocycles. The van der Waals surface area contributed by atoms with Crippen molar-refractivity contribution >= 4 is 11.9 Å². The number of hydrogen-bond donors (Lipinski definition) is 2. The molecular weight excluding hydrogens is 274 g/mol. The highest BCUT2D eigenvalue weighted by Crippen LogP contribution is 2.35. The molecule has 1 heterocycles. The number of carboxylic acid groups (broad SMARTS) is 1. The number of ether oxygens (including phenoxy) is 2. The Morgan fingerprint density at radius 3 is 2.62 bits per heavy atom. The van der Waals surface area contributed by atoms with Gasteiger partial charge in [0.2, 0.25) is 0 Å². The molecule has 1 atom stereocenters. The van der Waals surface area contributed by atoms with E-state index < -0.39 is 5.97 Å². The average Bonchev–Trinajstić information content (AvgIpc) is 3.30. The summed E-state index contributed by atoms with van der Waals surface area (Å²) in [6, 6.07) is 4.69. The summed E-state index contributed by atoms with van der Waals surface area (Å²) in [7, 11) is 0. The molecule has 1 aliphatic carbocycles. The highest BCUT2D eigenvalue weighted by atomic mass is 16.6. The van der Waals surface area contributed by atoms with Crippen LogP contribution in [0.1, 0.15) is 29.6 Å². The number of fused-ring (bicyclic) bond motifs is 1. The van der Waals surface area contributed by atoms with Crippen LogP contribution >= 0.6 is 0 Å². The summed E-state index contributed by atoms with van der Waals surface area (Å²) in [6.07, 6.45) is 1.90. The molecule has 3 rings (SSSR count). The minimum absolute atomic E-state index is 0.0407. The molecule has 1 amide bonds. The fourth-order valence-corrected chi connectivity index (χ4v) is 2.46. The lowest BCUT2D eigenvalue weighted by molar-refractivity contribution is -0.137. The van der Waals surface area contributed by atoms with Gasteiger partial charge in [0.25, 0.3) is 5.91 Å². The Morgan fingerprint density at radius 2 is 1.95 bits per heavy atom. The van der Waals surface area contributed by atoms with Crippen LogP contribution in [0.2, 0.25) is 0 Å². The van der Waals surface area contributed by atoms with E-state index in [1.165, 1.54) is 0 Å². The molecule has 0 bridgehead atoms. The largest absolute Gasteiger partial charge is 0.486 e. The maximum atomic E-state index is 12.3. The molecule has 0 saturated heterocycles. The third kappa shape index (κ3) is 3.26. The third-order valence-electron chi connectivity index (χ3n) is 3.71. The van der Waals surface area contributed by atoms with Gasteiger partial charge in [-0.25, -0.2) is 0 Å². The van der Waals surface area contributed by atoms with Crippen molar-refractivity contribution in [2.24, 2.45) is 5.92 Å². The number of nitrogens with one attached hydrogen (secondary N) is 1. The van der Waals surface area contributed by atoms with E-state index in [0.717, 1.165) is 12.8 Å². The molecule has 1 unspecified atom stereocenters. The molecule has 2 aliphatic rings. The summed E-state index contributed by atoms with van der Waals surface area (Å²) in [6.45, 7) is 0.961. The van der Waals surface area contributed by atoms with Gasteiger partial charge in [-0.3, -0.25) is 9.59 Å². The molecule has 0 spiro atoms. The minimum atomic E-state index is -0.894. The Labute approximate surface area is 122 Å². The zero-order chi connectivity index (χ0) is 14.8. The van der Waals surface area contributed by atoms with E-state index in [2.05, 4.69) is 5.32 Å². The quantitative estimate of drug-likeness (QED) is 0.857. The van der Waals surface area contributed by atoms with Gasteiger partial charge in [0.05, 0.1) is 6.42 Å². The van der Waals surface area contributed by atoms with Crippen molar-refractivity contribution in [3.8, 4) is 11.5 Å². The first-order chi connectivity index (χ1) is 10.1. The minimum Gasteiger partial charge on any atom is -0.486 e. The van der Waals surface area contributed by atoms with Crippen LogP contribution in [0, 0.1) is 5.92 Å². The second-order valence-corrected chi connectivity index (χ2v) is 5.37. The van der Waals surface area contributed by atoms with Crippen LogP contribution in [-0.2, 0) is 4.79 Å². The molecule has 1 fully saturated rings. The summed E-state index contributed by atoms with van der Waals surface area (Å²) in [5.74, 6) is 0.291. The Morgan fingerprint density at radius 1 is 1.24 bits per heavy atom. The van der Waals surface area contributed by atoms with E-state index in [1.54, 1.807) is 18.2 Å². The van der Waals surface area contributed by atoms with E-state index in [-0.39, 0.29) is 24.3 Å².